The van der Waals surface area contributed by atoms with Gasteiger partial charge in [0.1, 0.15) is 73.1 Å². The first-order valence-electron chi connectivity index (χ1n) is 31.4. The molecule has 31 heteroatoms. The minimum absolute atomic E-state index is 0.0578. The van der Waals surface area contributed by atoms with Gasteiger partial charge in [0.15, 0.2) is 18.9 Å². The van der Waals surface area contributed by atoms with E-state index in [0.717, 1.165) is 38.5 Å². The molecule has 3 aliphatic heterocycles. The van der Waals surface area contributed by atoms with Crippen LogP contribution in [0.2, 0.25) is 0 Å². The molecule has 15 atom stereocenters. The van der Waals surface area contributed by atoms with Crippen LogP contribution in [0.25, 0.3) is 0 Å². The molecule has 0 spiro atoms. The summed E-state index contributed by atoms with van der Waals surface area (Å²) in [6, 6.07) is -3.15. The average Bonchev–Trinajstić information content (AvgIpc) is 2.51. The molecule has 0 aromatic rings. The second-order valence-corrected chi connectivity index (χ2v) is 23.2. The predicted octanol–water partition coefficient (Wildman–Crippen LogP) is -4.15. The summed E-state index contributed by atoms with van der Waals surface area (Å²) in [5, 5.41) is 111. The zero-order chi connectivity index (χ0) is 65.7. The number of hydrogen-bond acceptors (Lipinski definition) is 25. The third-order valence-corrected chi connectivity index (χ3v) is 14.9. The van der Waals surface area contributed by atoms with E-state index in [1.807, 2.05) is 13.8 Å². The molecule has 15 unspecified atom stereocenters. The van der Waals surface area contributed by atoms with Gasteiger partial charge < -0.3 is 126 Å². The Kier molecular flexibility index (Phi) is 39.7. The van der Waals surface area contributed by atoms with E-state index >= 15 is 0 Å². The van der Waals surface area contributed by atoms with E-state index < -0.39 is 135 Å². The smallest absolute Gasteiger partial charge is 0.222 e. The Hall–Kier alpha value is -3.94. The highest BCUT2D eigenvalue weighted by Gasteiger charge is 2.48. The standard InChI is InChI=1S/C58H107N7O24/c1-36(2)65-58(33-81-27-18-43(72)59-21-12-6-9-15-24-84-55-46(62-37(3)69)52(78)49(75)40(30-66)87-55,34-82-28-19-44(73)60-22-13-7-10-16-25-85-56-47(63-38(4)70)53(79)50(76)41(31-67)88-56)35-83-29-20-45(74)61-23-14-8-11-17-26-86-57-48(64-39(5)71)54(80)51(77)42(32-68)89-57/h36,40-42,46-57,65-68,75-80H,6-35H2,1-5H3,(H,59,72)(H,60,73)(H,61,74)(H,62,69)(H,63,70)(H,64,71). The second kappa shape index (κ2) is 44.6. The normalized spacial score (nSPS) is 27.7. The van der Waals surface area contributed by atoms with Crippen LogP contribution in [0.15, 0.2) is 0 Å². The first kappa shape index (κ1) is 79.3. The van der Waals surface area contributed by atoms with Gasteiger partial charge in [-0.25, -0.2) is 0 Å². The van der Waals surface area contributed by atoms with Crippen molar-refractivity contribution >= 4 is 35.4 Å². The van der Waals surface area contributed by atoms with Crippen molar-refractivity contribution in [1.82, 2.24) is 37.2 Å². The molecular formula is C58H107N7O24. The summed E-state index contributed by atoms with van der Waals surface area (Å²) in [5.74, 6) is -1.98. The summed E-state index contributed by atoms with van der Waals surface area (Å²) in [7, 11) is 0. The molecule has 3 aliphatic rings. The van der Waals surface area contributed by atoms with Gasteiger partial charge in [0.05, 0.1) is 65.0 Å². The molecular weight excluding hydrogens is 1180 g/mol. The number of nitrogens with one attached hydrogen (secondary N) is 7. The summed E-state index contributed by atoms with van der Waals surface area (Å²) >= 11 is 0. The lowest BCUT2D eigenvalue weighted by Crippen LogP contribution is -2.64. The van der Waals surface area contributed by atoms with Crippen molar-refractivity contribution in [2.75, 3.05) is 98.9 Å². The summed E-state index contributed by atoms with van der Waals surface area (Å²) in [6.07, 6.45) is -6.27. The van der Waals surface area contributed by atoms with Crippen molar-refractivity contribution in [1.29, 1.82) is 0 Å². The van der Waals surface area contributed by atoms with Gasteiger partial charge in [0.25, 0.3) is 0 Å². The third-order valence-electron chi connectivity index (χ3n) is 14.9. The maximum atomic E-state index is 12.8. The number of unbranched alkanes of at least 4 members (excludes halogenated alkanes) is 9. The van der Waals surface area contributed by atoms with Crippen molar-refractivity contribution in [3.8, 4) is 0 Å². The van der Waals surface area contributed by atoms with Gasteiger partial charge in [-0.2, -0.15) is 0 Å². The van der Waals surface area contributed by atoms with Gasteiger partial charge in [-0.05, 0) is 38.5 Å². The van der Waals surface area contributed by atoms with E-state index in [4.69, 9.17) is 42.6 Å². The summed E-state index contributed by atoms with van der Waals surface area (Å²) < 4.78 is 52.4. The molecule has 31 nitrogen and oxygen atoms in total. The Morgan fingerprint density at radius 3 is 0.921 bits per heavy atom. The Labute approximate surface area is 522 Å². The van der Waals surface area contributed by atoms with Crippen LogP contribution in [-0.4, -0.2) is 284 Å². The Morgan fingerprint density at radius 1 is 0.404 bits per heavy atom. The van der Waals surface area contributed by atoms with Crippen molar-refractivity contribution in [3.63, 3.8) is 0 Å². The number of ether oxygens (including phenoxy) is 9. The van der Waals surface area contributed by atoms with Crippen LogP contribution >= 0.6 is 0 Å². The van der Waals surface area contributed by atoms with Gasteiger partial charge in [0.2, 0.25) is 35.4 Å². The highest BCUT2D eigenvalue weighted by atomic mass is 16.7. The predicted molar refractivity (Wildman–Crippen MR) is 316 cm³/mol. The summed E-state index contributed by atoms with van der Waals surface area (Å²) in [6.45, 7) is 8.37. The maximum absolute atomic E-state index is 12.8. The number of rotatable bonds is 47. The number of aliphatic hydroxyl groups is 9. The SMILES string of the molecule is CC(=O)NC1C(OCCCCCCNC(=O)CCOCC(COCCC(=O)NCCCCCCOC2OC(CO)C(O)C(O)C2NC(C)=O)(COCCC(=O)NCCCCCCOC2OC(CO)C(O)C(O)C2NC(C)=O)NC(C)C)OC(CO)C(O)C1O. The van der Waals surface area contributed by atoms with Crippen LogP contribution in [0.4, 0.5) is 0 Å². The van der Waals surface area contributed by atoms with Crippen molar-refractivity contribution in [2.45, 2.75) is 234 Å². The van der Waals surface area contributed by atoms with Crippen molar-refractivity contribution in [3.05, 3.63) is 0 Å². The number of aliphatic hydroxyl groups excluding tert-OH is 9. The molecule has 3 rings (SSSR count). The van der Waals surface area contributed by atoms with Crippen molar-refractivity contribution < 1.29 is 117 Å². The highest BCUT2D eigenvalue weighted by molar-refractivity contribution is 5.77. The lowest BCUT2D eigenvalue weighted by Gasteiger charge is -2.42. The van der Waals surface area contributed by atoms with Gasteiger partial charge in [-0.3, -0.25) is 28.8 Å². The molecule has 0 radical (unpaired) electrons. The fourth-order valence-corrected chi connectivity index (χ4v) is 10.3. The number of hydrogen-bond donors (Lipinski definition) is 16. The van der Waals surface area contributed by atoms with Crippen molar-refractivity contribution in [2.24, 2.45) is 0 Å². The zero-order valence-electron chi connectivity index (χ0n) is 52.6. The quantitative estimate of drug-likeness (QED) is 0.0257. The van der Waals surface area contributed by atoms with E-state index in [1.54, 1.807) is 0 Å². The fourth-order valence-electron chi connectivity index (χ4n) is 10.3. The molecule has 89 heavy (non-hydrogen) atoms. The maximum Gasteiger partial charge on any atom is 0.222 e. The molecule has 3 fully saturated rings. The first-order valence-corrected chi connectivity index (χ1v) is 31.4. The number of carbonyl (C=O) groups is 6. The van der Waals surface area contributed by atoms with Crippen LogP contribution in [-0.2, 0) is 71.4 Å². The Morgan fingerprint density at radius 2 is 0.674 bits per heavy atom. The molecule has 3 heterocycles. The Bertz CT molecular complexity index is 1800. The third kappa shape index (κ3) is 30.6. The minimum Gasteiger partial charge on any atom is -0.394 e. The van der Waals surface area contributed by atoms with Crippen LogP contribution in [0.3, 0.4) is 0 Å². The lowest BCUT2D eigenvalue weighted by atomic mass is 9.97. The zero-order valence-corrected chi connectivity index (χ0v) is 52.6. The lowest BCUT2D eigenvalue weighted by molar-refractivity contribution is -0.270. The Balaban J connectivity index is 1.42. The fraction of sp³-hybridized carbons (Fsp3) is 0.897. The van der Waals surface area contributed by atoms with E-state index in [9.17, 15) is 74.7 Å². The molecule has 0 saturated carbocycles. The topological polar surface area (TPSA) is 452 Å². The average molecular weight is 1290 g/mol. The monoisotopic (exact) mass is 1290 g/mol. The molecule has 3 saturated heterocycles. The van der Waals surface area contributed by atoms with Gasteiger partial charge in [-0.1, -0.05) is 52.4 Å². The summed E-state index contributed by atoms with van der Waals surface area (Å²) in [4.78, 5) is 73.6. The highest BCUT2D eigenvalue weighted by Crippen LogP contribution is 2.26. The molecule has 6 amide bonds. The molecule has 0 bridgehead atoms. The van der Waals surface area contributed by atoms with E-state index in [1.165, 1.54) is 20.8 Å². The van der Waals surface area contributed by atoms with E-state index in [0.29, 0.717) is 58.2 Å². The number of carbonyl (C=O) groups excluding carboxylic acids is 6. The first-order chi connectivity index (χ1) is 42.6. The minimum atomic E-state index is -1.41. The second-order valence-electron chi connectivity index (χ2n) is 23.2. The van der Waals surface area contributed by atoms with Crippen LogP contribution in [0.5, 0.6) is 0 Å². The number of amides is 6. The van der Waals surface area contributed by atoms with Gasteiger partial charge in [0, 0.05) is 85.5 Å². The largest absolute Gasteiger partial charge is 0.394 e. The van der Waals surface area contributed by atoms with Gasteiger partial charge >= 0.3 is 0 Å². The van der Waals surface area contributed by atoms with Crippen LogP contribution in [0, 0.1) is 0 Å². The molecule has 518 valence electrons. The molecule has 0 aliphatic carbocycles. The molecule has 0 aromatic heterocycles. The molecule has 16 N–H and O–H groups in total. The summed E-state index contributed by atoms with van der Waals surface area (Å²) in [5.41, 5.74) is -0.949. The van der Waals surface area contributed by atoms with E-state index in [-0.39, 0.29) is 102 Å². The van der Waals surface area contributed by atoms with Crippen LogP contribution < -0.4 is 37.2 Å². The van der Waals surface area contributed by atoms with Gasteiger partial charge in [-0.15, -0.1) is 0 Å². The van der Waals surface area contributed by atoms with E-state index in [2.05, 4.69) is 37.2 Å². The van der Waals surface area contributed by atoms with Crippen LogP contribution in [0.1, 0.15) is 131 Å². The molecule has 0 aromatic carbocycles.